The largest absolute Gasteiger partial charge is 0.391 e. The maximum absolute atomic E-state index is 14.8. The molecule has 3 N–H and O–H groups in total. The van der Waals surface area contributed by atoms with Crippen LogP contribution in [0.15, 0.2) is 54.7 Å². The average molecular weight is 527 g/mol. The highest BCUT2D eigenvalue weighted by molar-refractivity contribution is 5.80. The molecule has 1 fully saturated rings. The minimum atomic E-state index is -1.27. The van der Waals surface area contributed by atoms with Crippen LogP contribution in [0.2, 0.25) is 0 Å². The van der Waals surface area contributed by atoms with Gasteiger partial charge < -0.3 is 25.0 Å². The summed E-state index contributed by atoms with van der Waals surface area (Å²) in [6, 6.07) is 12.2. The Morgan fingerprint density at radius 3 is 2.50 bits per heavy atom. The van der Waals surface area contributed by atoms with Crippen LogP contribution in [-0.4, -0.2) is 62.4 Å². The van der Waals surface area contributed by atoms with E-state index in [-0.39, 0.29) is 23.7 Å². The number of nitrogens with zero attached hydrogens (tertiary/aromatic N) is 3. The van der Waals surface area contributed by atoms with Gasteiger partial charge in [0.05, 0.1) is 17.8 Å². The Balaban J connectivity index is 1.88. The third-order valence-electron chi connectivity index (χ3n) is 6.96. The number of aromatic nitrogens is 2. The zero-order chi connectivity index (χ0) is 27.6. The summed E-state index contributed by atoms with van der Waals surface area (Å²) in [6.45, 7) is 8.85. The maximum atomic E-state index is 14.8. The summed E-state index contributed by atoms with van der Waals surface area (Å²) in [7, 11) is 0. The summed E-state index contributed by atoms with van der Waals surface area (Å²) in [5.74, 6) is -1.43. The van der Waals surface area contributed by atoms with E-state index in [0.717, 1.165) is 23.8 Å². The number of hydrogen-bond acceptors (Lipinski definition) is 5. The summed E-state index contributed by atoms with van der Waals surface area (Å²) in [5, 5.41) is 24.0. The van der Waals surface area contributed by atoms with Crippen molar-refractivity contribution in [2.45, 2.75) is 52.5 Å². The highest BCUT2D eigenvalue weighted by Crippen LogP contribution is 2.40. The second-order valence-electron chi connectivity index (χ2n) is 11.1. The number of imidazole rings is 1. The van der Waals surface area contributed by atoms with Crippen molar-refractivity contribution in [3.8, 4) is 11.3 Å². The number of β-amino-alcohol motifs (C(OH)–C–C–N with tert-alkyl or cyclic N) is 1. The standard InChI is InChI=1S/C29H36F2N4O3/c1-18(36)28(38)35(16-20-13-32-14-25(20)37)26(29(2,3)4)27-33-24(22-12-21(30)10-11-23(22)31)17-34(27)15-19-8-6-5-7-9-19/h5-12,17-18,20,25-26,32,36-37H,13-16H2,1-4H3. The van der Waals surface area contributed by atoms with Gasteiger partial charge in [-0.25, -0.2) is 13.8 Å². The van der Waals surface area contributed by atoms with E-state index in [1.54, 1.807) is 11.1 Å². The van der Waals surface area contributed by atoms with Crippen LogP contribution in [0.5, 0.6) is 0 Å². The van der Waals surface area contributed by atoms with Crippen molar-refractivity contribution in [3.05, 3.63) is 77.8 Å². The third-order valence-corrected chi connectivity index (χ3v) is 6.96. The number of aliphatic hydroxyl groups excluding tert-OH is 2. The molecule has 0 spiro atoms. The van der Waals surface area contributed by atoms with Crippen LogP contribution in [0.25, 0.3) is 11.3 Å². The first-order chi connectivity index (χ1) is 18.0. The van der Waals surface area contributed by atoms with Crippen molar-refractivity contribution in [1.82, 2.24) is 19.8 Å². The number of carbonyl (C=O) groups is 1. The molecule has 0 bridgehead atoms. The highest BCUT2D eigenvalue weighted by atomic mass is 19.1. The van der Waals surface area contributed by atoms with E-state index >= 15 is 0 Å². The van der Waals surface area contributed by atoms with E-state index in [2.05, 4.69) is 5.32 Å². The molecule has 1 aliphatic heterocycles. The lowest BCUT2D eigenvalue weighted by atomic mass is 9.83. The molecule has 0 radical (unpaired) electrons. The first-order valence-corrected chi connectivity index (χ1v) is 12.9. The molecule has 38 heavy (non-hydrogen) atoms. The van der Waals surface area contributed by atoms with Gasteiger partial charge in [-0.1, -0.05) is 51.1 Å². The molecule has 0 aliphatic carbocycles. The molecule has 204 valence electrons. The third kappa shape index (κ3) is 6.11. The smallest absolute Gasteiger partial charge is 0.251 e. The van der Waals surface area contributed by atoms with Crippen molar-refractivity contribution in [2.75, 3.05) is 19.6 Å². The molecule has 2 aromatic carbocycles. The van der Waals surface area contributed by atoms with Crippen LogP contribution in [0.1, 0.15) is 45.1 Å². The van der Waals surface area contributed by atoms with E-state index in [9.17, 15) is 23.8 Å². The topological polar surface area (TPSA) is 90.6 Å². The molecule has 4 rings (SSSR count). The lowest BCUT2D eigenvalue weighted by molar-refractivity contribution is -0.146. The molecule has 9 heteroatoms. The van der Waals surface area contributed by atoms with Crippen LogP contribution < -0.4 is 5.32 Å². The molecule has 7 nitrogen and oxygen atoms in total. The van der Waals surface area contributed by atoms with Gasteiger partial charge in [-0.05, 0) is 36.1 Å². The minimum Gasteiger partial charge on any atom is -0.391 e. The number of aliphatic hydroxyl groups is 2. The fourth-order valence-electron chi connectivity index (χ4n) is 5.09. The monoisotopic (exact) mass is 526 g/mol. The summed E-state index contributed by atoms with van der Waals surface area (Å²) in [5.41, 5.74) is 0.664. The van der Waals surface area contributed by atoms with E-state index in [1.165, 1.54) is 6.92 Å². The normalized spacial score (nSPS) is 19.4. The van der Waals surface area contributed by atoms with Crippen LogP contribution >= 0.6 is 0 Å². The number of hydrogen-bond donors (Lipinski definition) is 3. The van der Waals surface area contributed by atoms with Crippen LogP contribution in [0.4, 0.5) is 8.78 Å². The van der Waals surface area contributed by atoms with Gasteiger partial charge in [0.15, 0.2) is 0 Å². The molecule has 1 aromatic heterocycles. The number of nitrogens with one attached hydrogen (secondary N) is 1. The Bertz CT molecular complexity index is 1260. The predicted molar refractivity (Wildman–Crippen MR) is 141 cm³/mol. The zero-order valence-electron chi connectivity index (χ0n) is 22.2. The molecular weight excluding hydrogens is 490 g/mol. The maximum Gasteiger partial charge on any atom is 0.251 e. The van der Waals surface area contributed by atoms with Crippen LogP contribution in [-0.2, 0) is 11.3 Å². The number of carbonyl (C=O) groups excluding carboxylic acids is 1. The van der Waals surface area contributed by atoms with Gasteiger partial charge in [0, 0.05) is 43.9 Å². The van der Waals surface area contributed by atoms with Gasteiger partial charge in [-0.2, -0.15) is 0 Å². The quantitative estimate of drug-likeness (QED) is 0.416. The minimum absolute atomic E-state index is 0.0227. The van der Waals surface area contributed by atoms with Gasteiger partial charge in [-0.15, -0.1) is 0 Å². The second-order valence-corrected chi connectivity index (χ2v) is 11.1. The summed E-state index contributed by atoms with van der Waals surface area (Å²) >= 11 is 0. The number of benzene rings is 2. The first kappa shape index (κ1) is 27.9. The van der Waals surface area contributed by atoms with Gasteiger partial charge in [0.25, 0.3) is 5.91 Å². The molecule has 0 saturated carbocycles. The Hall–Kier alpha value is -3.14. The number of amides is 1. The fourth-order valence-corrected chi connectivity index (χ4v) is 5.09. The molecule has 4 atom stereocenters. The second kappa shape index (κ2) is 11.3. The Labute approximate surface area is 222 Å². The SMILES string of the molecule is CC(O)C(=O)N(CC1CNCC1O)C(c1nc(-c2cc(F)ccc2F)cn1Cc1ccccc1)C(C)(C)C. The predicted octanol–water partition coefficient (Wildman–Crippen LogP) is 3.75. The van der Waals surface area contributed by atoms with Crippen molar-refractivity contribution in [1.29, 1.82) is 0 Å². The van der Waals surface area contributed by atoms with Gasteiger partial charge in [0.1, 0.15) is 23.6 Å². The molecule has 1 saturated heterocycles. The molecule has 3 aromatic rings. The van der Waals surface area contributed by atoms with E-state index < -0.39 is 41.2 Å². The van der Waals surface area contributed by atoms with E-state index in [4.69, 9.17) is 4.98 Å². The zero-order valence-corrected chi connectivity index (χ0v) is 22.2. The van der Waals surface area contributed by atoms with Crippen LogP contribution in [0, 0.1) is 23.0 Å². The first-order valence-electron chi connectivity index (χ1n) is 12.9. The van der Waals surface area contributed by atoms with E-state index in [0.29, 0.717) is 25.5 Å². The molecule has 1 aliphatic rings. The molecule has 2 heterocycles. The Morgan fingerprint density at radius 2 is 1.89 bits per heavy atom. The number of halogens is 2. The summed E-state index contributed by atoms with van der Waals surface area (Å²) < 4.78 is 30.8. The van der Waals surface area contributed by atoms with Crippen molar-refractivity contribution in [2.24, 2.45) is 11.3 Å². The number of rotatable bonds is 8. The lowest BCUT2D eigenvalue weighted by Gasteiger charge is -2.42. The van der Waals surface area contributed by atoms with Crippen molar-refractivity contribution < 1.29 is 23.8 Å². The van der Waals surface area contributed by atoms with Crippen molar-refractivity contribution in [3.63, 3.8) is 0 Å². The van der Waals surface area contributed by atoms with Crippen molar-refractivity contribution >= 4 is 5.91 Å². The van der Waals surface area contributed by atoms with Gasteiger partial charge >= 0.3 is 0 Å². The average Bonchev–Trinajstić information content (AvgIpc) is 3.45. The van der Waals surface area contributed by atoms with Gasteiger partial charge in [-0.3, -0.25) is 4.79 Å². The lowest BCUT2D eigenvalue weighted by Crippen LogP contribution is -2.49. The summed E-state index contributed by atoms with van der Waals surface area (Å²) in [4.78, 5) is 19.9. The highest BCUT2D eigenvalue weighted by Gasteiger charge is 2.41. The Kier molecular flexibility index (Phi) is 8.30. The fraction of sp³-hybridized carbons (Fsp3) is 0.448. The molecular formula is C29H36F2N4O3. The molecule has 1 amide bonds. The summed E-state index contributed by atoms with van der Waals surface area (Å²) in [6.07, 6.45) is -0.236. The molecule has 4 unspecified atom stereocenters. The van der Waals surface area contributed by atoms with Gasteiger partial charge in [0.2, 0.25) is 0 Å². The Morgan fingerprint density at radius 1 is 1.18 bits per heavy atom. The van der Waals surface area contributed by atoms with E-state index in [1.807, 2.05) is 55.7 Å². The van der Waals surface area contributed by atoms with Crippen LogP contribution in [0.3, 0.4) is 0 Å².